The van der Waals surface area contributed by atoms with Gasteiger partial charge in [-0.05, 0) is 24.8 Å². The zero-order valence-corrected chi connectivity index (χ0v) is 13.6. The third-order valence-electron chi connectivity index (χ3n) is 4.22. The molecular formula is C16H27N3S. The molecule has 3 nitrogen and oxygen atoms in total. The monoisotopic (exact) mass is 293 g/mol. The van der Waals surface area contributed by atoms with Crippen molar-refractivity contribution in [3.8, 4) is 0 Å². The summed E-state index contributed by atoms with van der Waals surface area (Å²) >= 11 is 1.80. The minimum absolute atomic E-state index is 0.111. The summed E-state index contributed by atoms with van der Waals surface area (Å²) in [6.07, 6.45) is 7.81. The van der Waals surface area contributed by atoms with Crippen molar-refractivity contribution in [3.63, 3.8) is 0 Å². The molecule has 1 aromatic heterocycles. The fourth-order valence-corrected chi connectivity index (χ4v) is 3.54. The van der Waals surface area contributed by atoms with E-state index in [1.807, 2.05) is 0 Å². The van der Waals surface area contributed by atoms with E-state index in [4.69, 9.17) is 5.73 Å². The van der Waals surface area contributed by atoms with E-state index >= 15 is 0 Å². The summed E-state index contributed by atoms with van der Waals surface area (Å²) in [5.41, 5.74) is 6.22. The van der Waals surface area contributed by atoms with E-state index in [1.165, 1.54) is 43.4 Å². The number of unbranched alkanes of at least 4 members (excludes halogenated alkanes) is 4. The Balaban J connectivity index is 1.88. The molecule has 1 aromatic rings. The minimum Gasteiger partial charge on any atom is -0.370 e. The molecule has 0 saturated heterocycles. The van der Waals surface area contributed by atoms with E-state index in [2.05, 4.69) is 41.3 Å². The highest BCUT2D eigenvalue weighted by Gasteiger charge is 2.37. The maximum atomic E-state index is 6.10. The Hall–Kier alpha value is -1.03. The summed E-state index contributed by atoms with van der Waals surface area (Å²) in [6.45, 7) is 6.32. The molecule has 2 rings (SSSR count). The summed E-state index contributed by atoms with van der Waals surface area (Å²) < 4.78 is 0. The SMILES string of the molecule is CCCCCCCC1(C)CN=C(N)N1Cc1cccs1. The molecule has 0 radical (unpaired) electrons. The summed E-state index contributed by atoms with van der Waals surface area (Å²) in [4.78, 5) is 8.16. The lowest BCUT2D eigenvalue weighted by atomic mass is 9.93. The standard InChI is InChI=1S/C16H27N3S/c1-3-4-5-6-7-10-16(2)13-18-15(17)19(16)12-14-9-8-11-20-14/h8-9,11H,3-7,10,12-13H2,1-2H3,(H2,17,18). The molecule has 0 spiro atoms. The van der Waals surface area contributed by atoms with Gasteiger partial charge < -0.3 is 10.6 Å². The second-order valence-corrected chi connectivity index (χ2v) is 7.03. The molecule has 0 aromatic carbocycles. The van der Waals surface area contributed by atoms with Gasteiger partial charge in [-0.1, -0.05) is 45.1 Å². The van der Waals surface area contributed by atoms with Gasteiger partial charge >= 0.3 is 0 Å². The number of nitrogens with zero attached hydrogens (tertiary/aromatic N) is 2. The van der Waals surface area contributed by atoms with Crippen molar-refractivity contribution < 1.29 is 0 Å². The van der Waals surface area contributed by atoms with Crippen LogP contribution in [0.15, 0.2) is 22.5 Å². The van der Waals surface area contributed by atoms with Crippen molar-refractivity contribution in [2.45, 2.75) is 64.5 Å². The van der Waals surface area contributed by atoms with Crippen molar-refractivity contribution in [1.29, 1.82) is 0 Å². The van der Waals surface area contributed by atoms with Crippen LogP contribution in [0, 0.1) is 0 Å². The number of nitrogens with two attached hydrogens (primary N) is 1. The second-order valence-electron chi connectivity index (χ2n) is 6.00. The first-order valence-electron chi connectivity index (χ1n) is 7.75. The Morgan fingerprint density at radius 1 is 1.35 bits per heavy atom. The second kappa shape index (κ2) is 7.11. The lowest BCUT2D eigenvalue weighted by Crippen LogP contribution is -2.48. The highest BCUT2D eigenvalue weighted by atomic mass is 32.1. The quantitative estimate of drug-likeness (QED) is 0.736. The van der Waals surface area contributed by atoms with E-state index < -0.39 is 0 Å². The normalized spacial score (nSPS) is 22.3. The van der Waals surface area contributed by atoms with E-state index in [0.29, 0.717) is 0 Å². The average Bonchev–Trinajstić information content (AvgIpc) is 3.03. The number of aliphatic imine (C=N–C) groups is 1. The van der Waals surface area contributed by atoms with Gasteiger partial charge in [-0.2, -0.15) is 0 Å². The maximum absolute atomic E-state index is 6.10. The topological polar surface area (TPSA) is 41.6 Å². The molecule has 4 heteroatoms. The molecule has 112 valence electrons. The zero-order valence-electron chi connectivity index (χ0n) is 12.8. The number of rotatable bonds is 8. The Bertz CT molecular complexity index is 427. The van der Waals surface area contributed by atoms with Gasteiger partial charge in [0.1, 0.15) is 0 Å². The predicted molar refractivity (Wildman–Crippen MR) is 88.1 cm³/mol. The first-order valence-corrected chi connectivity index (χ1v) is 8.63. The Labute approximate surface area is 126 Å². The van der Waals surface area contributed by atoms with Gasteiger partial charge in [0.15, 0.2) is 5.96 Å². The van der Waals surface area contributed by atoms with Crippen LogP contribution in [0.3, 0.4) is 0 Å². The van der Waals surface area contributed by atoms with Gasteiger partial charge in [0.25, 0.3) is 0 Å². The lowest BCUT2D eigenvalue weighted by molar-refractivity contribution is 0.196. The fourth-order valence-electron chi connectivity index (χ4n) is 2.85. The number of guanidine groups is 1. The molecule has 1 unspecified atom stereocenters. The number of hydrogen-bond donors (Lipinski definition) is 1. The van der Waals surface area contributed by atoms with Crippen LogP contribution >= 0.6 is 11.3 Å². The highest BCUT2D eigenvalue weighted by Crippen LogP contribution is 2.30. The summed E-state index contributed by atoms with van der Waals surface area (Å²) in [5.74, 6) is 0.717. The van der Waals surface area contributed by atoms with Crippen LogP contribution in [-0.2, 0) is 6.54 Å². The molecule has 1 aliphatic heterocycles. The molecule has 2 heterocycles. The van der Waals surface area contributed by atoms with E-state index in [9.17, 15) is 0 Å². The molecular weight excluding hydrogens is 266 g/mol. The van der Waals surface area contributed by atoms with Crippen LogP contribution in [0.2, 0.25) is 0 Å². The van der Waals surface area contributed by atoms with Crippen LogP contribution < -0.4 is 5.73 Å². The maximum Gasteiger partial charge on any atom is 0.192 e. The minimum atomic E-state index is 0.111. The van der Waals surface area contributed by atoms with Crippen LogP contribution in [0.1, 0.15) is 57.2 Å². The average molecular weight is 293 g/mol. The van der Waals surface area contributed by atoms with Crippen LogP contribution in [-0.4, -0.2) is 22.9 Å². The van der Waals surface area contributed by atoms with E-state index in [1.54, 1.807) is 11.3 Å². The Kier molecular flexibility index (Phi) is 5.46. The molecule has 1 atom stereocenters. The summed E-state index contributed by atoms with van der Waals surface area (Å²) in [6, 6.07) is 4.28. The smallest absolute Gasteiger partial charge is 0.192 e. The third kappa shape index (κ3) is 3.75. The van der Waals surface area contributed by atoms with Crippen molar-refractivity contribution in [2.75, 3.05) is 6.54 Å². The molecule has 0 saturated carbocycles. The lowest BCUT2D eigenvalue weighted by Gasteiger charge is -2.36. The van der Waals surface area contributed by atoms with Crippen LogP contribution in [0.4, 0.5) is 0 Å². The first-order chi connectivity index (χ1) is 9.65. The molecule has 0 bridgehead atoms. The first kappa shape index (κ1) is 15.4. The zero-order chi connectivity index (χ0) is 14.4. The largest absolute Gasteiger partial charge is 0.370 e. The van der Waals surface area contributed by atoms with E-state index in [0.717, 1.165) is 19.0 Å². The Morgan fingerprint density at radius 2 is 2.15 bits per heavy atom. The summed E-state index contributed by atoms with van der Waals surface area (Å²) in [7, 11) is 0. The molecule has 20 heavy (non-hydrogen) atoms. The molecule has 2 N–H and O–H groups in total. The van der Waals surface area contributed by atoms with Crippen molar-refractivity contribution >= 4 is 17.3 Å². The third-order valence-corrected chi connectivity index (χ3v) is 5.08. The Morgan fingerprint density at radius 3 is 2.85 bits per heavy atom. The van der Waals surface area contributed by atoms with Crippen molar-refractivity contribution in [2.24, 2.45) is 10.7 Å². The van der Waals surface area contributed by atoms with Crippen molar-refractivity contribution in [3.05, 3.63) is 22.4 Å². The van der Waals surface area contributed by atoms with Gasteiger partial charge in [0.05, 0.1) is 18.6 Å². The van der Waals surface area contributed by atoms with Gasteiger partial charge in [-0.25, -0.2) is 0 Å². The molecule has 0 fully saturated rings. The van der Waals surface area contributed by atoms with Gasteiger partial charge in [-0.15, -0.1) is 11.3 Å². The molecule has 0 aliphatic carbocycles. The summed E-state index contributed by atoms with van der Waals surface area (Å²) in [5, 5.41) is 2.13. The highest BCUT2D eigenvalue weighted by molar-refractivity contribution is 7.09. The number of hydrogen-bond acceptors (Lipinski definition) is 4. The van der Waals surface area contributed by atoms with Gasteiger partial charge in [-0.3, -0.25) is 4.99 Å². The van der Waals surface area contributed by atoms with Gasteiger partial charge in [0, 0.05) is 4.88 Å². The number of thiophene rings is 1. The van der Waals surface area contributed by atoms with Crippen LogP contribution in [0.25, 0.3) is 0 Å². The van der Waals surface area contributed by atoms with E-state index in [-0.39, 0.29) is 5.54 Å². The fraction of sp³-hybridized carbons (Fsp3) is 0.688. The predicted octanol–water partition coefficient (Wildman–Crippen LogP) is 4.00. The van der Waals surface area contributed by atoms with Gasteiger partial charge in [0.2, 0.25) is 0 Å². The molecule has 0 amide bonds. The van der Waals surface area contributed by atoms with Crippen LogP contribution in [0.5, 0.6) is 0 Å². The van der Waals surface area contributed by atoms with Crippen molar-refractivity contribution in [1.82, 2.24) is 4.90 Å². The molecule has 1 aliphatic rings.